The number of anilines is 1. The first kappa shape index (κ1) is 12.2. The van der Waals surface area contributed by atoms with E-state index < -0.39 is 0 Å². The molecule has 100 valence electrons. The van der Waals surface area contributed by atoms with Gasteiger partial charge in [-0.1, -0.05) is 6.07 Å². The maximum absolute atomic E-state index is 5.57. The molecule has 0 radical (unpaired) electrons. The summed E-state index contributed by atoms with van der Waals surface area (Å²) in [4.78, 5) is 4.81. The summed E-state index contributed by atoms with van der Waals surface area (Å²) in [6.45, 7) is 3.47. The van der Waals surface area contributed by atoms with Gasteiger partial charge in [0, 0.05) is 24.4 Å². The van der Waals surface area contributed by atoms with Crippen LogP contribution in [0.4, 0.5) is 5.69 Å². The number of nitrogens with zero attached hydrogens (tertiary/aromatic N) is 1. The fourth-order valence-electron chi connectivity index (χ4n) is 2.74. The number of fused-ring (bicyclic) bond motifs is 2. The van der Waals surface area contributed by atoms with Crippen LogP contribution in [0, 0.1) is 6.92 Å². The number of methoxy groups -OCH3 is 1. The van der Waals surface area contributed by atoms with Crippen LogP contribution in [0.15, 0.2) is 12.1 Å². The van der Waals surface area contributed by atoms with E-state index in [0.717, 1.165) is 41.1 Å². The van der Waals surface area contributed by atoms with E-state index in [2.05, 4.69) is 18.3 Å². The Labute approximate surface area is 112 Å². The first-order valence-corrected chi connectivity index (χ1v) is 6.50. The van der Waals surface area contributed by atoms with Crippen LogP contribution in [-0.4, -0.2) is 25.7 Å². The molecule has 0 saturated heterocycles. The minimum atomic E-state index is 0.630. The van der Waals surface area contributed by atoms with E-state index in [1.54, 1.807) is 7.11 Å². The minimum Gasteiger partial charge on any atom is -0.494 e. The second-order valence-corrected chi connectivity index (χ2v) is 4.77. The van der Waals surface area contributed by atoms with Crippen LogP contribution < -0.4 is 10.1 Å². The number of hydrogen-bond acceptors (Lipinski definition) is 4. The lowest BCUT2D eigenvalue weighted by molar-refractivity contribution is 0.110. The van der Waals surface area contributed by atoms with Crippen molar-refractivity contribution in [2.45, 2.75) is 20.0 Å². The Bertz CT molecular complexity index is 638. The van der Waals surface area contributed by atoms with Gasteiger partial charge in [-0.2, -0.15) is 0 Å². The van der Waals surface area contributed by atoms with Crippen molar-refractivity contribution >= 4 is 16.6 Å². The first-order valence-electron chi connectivity index (χ1n) is 6.50. The fourth-order valence-corrected chi connectivity index (χ4v) is 2.74. The summed E-state index contributed by atoms with van der Waals surface area (Å²) in [5.41, 5.74) is 5.55. The van der Waals surface area contributed by atoms with Crippen LogP contribution >= 0.6 is 0 Å². The van der Waals surface area contributed by atoms with Gasteiger partial charge in [-0.15, -0.1) is 0 Å². The monoisotopic (exact) mass is 258 g/mol. The molecule has 1 aromatic heterocycles. The minimum absolute atomic E-state index is 0.630. The van der Waals surface area contributed by atoms with Gasteiger partial charge in [0.1, 0.15) is 11.3 Å². The summed E-state index contributed by atoms with van der Waals surface area (Å²) in [6, 6.07) is 4.05. The number of aromatic nitrogens is 1. The largest absolute Gasteiger partial charge is 0.494 e. The summed E-state index contributed by atoms with van der Waals surface area (Å²) in [7, 11) is 3.63. The molecule has 0 fully saturated rings. The third kappa shape index (κ3) is 1.83. The quantitative estimate of drug-likeness (QED) is 0.899. The standard InChI is InChI=1S/C15H18N2O2/c1-9-4-5-12(18-3)15-13(9)14(16-2)10-8-19-7-6-11(10)17-15/h4-5H,6-8H2,1-3H3,(H,16,17). The van der Waals surface area contributed by atoms with Gasteiger partial charge in [0.05, 0.1) is 31.7 Å². The van der Waals surface area contributed by atoms with Crippen molar-refractivity contribution in [1.82, 2.24) is 4.98 Å². The lowest BCUT2D eigenvalue weighted by Gasteiger charge is -2.22. The number of ether oxygens (including phenoxy) is 2. The Morgan fingerprint density at radius 1 is 1.37 bits per heavy atom. The van der Waals surface area contributed by atoms with Crippen LogP contribution in [0.5, 0.6) is 5.75 Å². The van der Waals surface area contributed by atoms with Crippen molar-refractivity contribution in [3.63, 3.8) is 0 Å². The molecular weight excluding hydrogens is 240 g/mol. The van der Waals surface area contributed by atoms with Crippen molar-refractivity contribution < 1.29 is 9.47 Å². The average molecular weight is 258 g/mol. The molecule has 0 amide bonds. The van der Waals surface area contributed by atoms with Crippen LogP contribution in [0.1, 0.15) is 16.8 Å². The highest BCUT2D eigenvalue weighted by atomic mass is 16.5. The van der Waals surface area contributed by atoms with Gasteiger partial charge in [0.15, 0.2) is 0 Å². The average Bonchev–Trinajstić information content (AvgIpc) is 2.45. The topological polar surface area (TPSA) is 43.4 Å². The molecule has 1 aliphatic heterocycles. The number of rotatable bonds is 2. The molecule has 4 heteroatoms. The van der Waals surface area contributed by atoms with E-state index in [0.29, 0.717) is 6.61 Å². The van der Waals surface area contributed by atoms with Crippen LogP contribution in [0.2, 0.25) is 0 Å². The molecule has 2 aromatic rings. The van der Waals surface area contributed by atoms with Crippen molar-refractivity contribution in [1.29, 1.82) is 0 Å². The Balaban J connectivity index is 2.42. The van der Waals surface area contributed by atoms with Crippen molar-refractivity contribution in [3.05, 3.63) is 29.0 Å². The zero-order valence-electron chi connectivity index (χ0n) is 11.5. The van der Waals surface area contributed by atoms with E-state index >= 15 is 0 Å². The molecule has 0 unspecified atom stereocenters. The molecule has 0 bridgehead atoms. The van der Waals surface area contributed by atoms with Crippen molar-refractivity contribution in [2.24, 2.45) is 0 Å². The smallest absolute Gasteiger partial charge is 0.145 e. The maximum atomic E-state index is 5.57. The van der Waals surface area contributed by atoms with E-state index in [9.17, 15) is 0 Å². The van der Waals surface area contributed by atoms with Gasteiger partial charge in [0.25, 0.3) is 0 Å². The molecule has 0 atom stereocenters. The Morgan fingerprint density at radius 2 is 2.21 bits per heavy atom. The van der Waals surface area contributed by atoms with Gasteiger partial charge in [0.2, 0.25) is 0 Å². The zero-order chi connectivity index (χ0) is 13.4. The molecule has 0 spiro atoms. The number of hydrogen-bond donors (Lipinski definition) is 1. The number of benzene rings is 1. The van der Waals surface area contributed by atoms with Crippen LogP contribution in [0.3, 0.4) is 0 Å². The van der Waals surface area contributed by atoms with E-state index in [-0.39, 0.29) is 0 Å². The lowest BCUT2D eigenvalue weighted by atomic mass is 9.99. The summed E-state index contributed by atoms with van der Waals surface area (Å²) < 4.78 is 11.0. The SMILES string of the molecule is CNc1c2c(nc3c(OC)ccc(C)c13)CCOC2. The van der Waals surface area contributed by atoms with Crippen LogP contribution in [-0.2, 0) is 17.8 Å². The Morgan fingerprint density at radius 3 is 2.95 bits per heavy atom. The molecule has 19 heavy (non-hydrogen) atoms. The molecule has 0 aliphatic carbocycles. The predicted octanol–water partition coefficient (Wildman–Crippen LogP) is 2.67. The Kier molecular flexibility index (Phi) is 3.03. The summed E-state index contributed by atoms with van der Waals surface area (Å²) >= 11 is 0. The highest BCUT2D eigenvalue weighted by Gasteiger charge is 2.20. The molecule has 2 heterocycles. The van der Waals surface area contributed by atoms with Crippen LogP contribution in [0.25, 0.3) is 10.9 Å². The predicted molar refractivity (Wildman–Crippen MR) is 75.9 cm³/mol. The number of pyridine rings is 1. The molecule has 0 saturated carbocycles. The normalized spacial score (nSPS) is 14.3. The third-order valence-electron chi connectivity index (χ3n) is 3.70. The van der Waals surface area contributed by atoms with Gasteiger partial charge >= 0.3 is 0 Å². The molecule has 3 rings (SSSR count). The van der Waals surface area contributed by atoms with Gasteiger partial charge in [-0.3, -0.25) is 0 Å². The second kappa shape index (κ2) is 4.70. The third-order valence-corrected chi connectivity index (χ3v) is 3.70. The highest BCUT2D eigenvalue weighted by molar-refractivity contribution is 5.99. The summed E-state index contributed by atoms with van der Waals surface area (Å²) in [5.74, 6) is 0.825. The van der Waals surface area contributed by atoms with E-state index in [4.69, 9.17) is 14.5 Å². The van der Waals surface area contributed by atoms with Gasteiger partial charge in [-0.05, 0) is 18.6 Å². The van der Waals surface area contributed by atoms with E-state index in [1.165, 1.54) is 11.1 Å². The fraction of sp³-hybridized carbons (Fsp3) is 0.400. The first-order chi connectivity index (χ1) is 9.26. The van der Waals surface area contributed by atoms with E-state index in [1.807, 2.05) is 13.1 Å². The molecule has 1 aromatic carbocycles. The molecule has 4 nitrogen and oxygen atoms in total. The van der Waals surface area contributed by atoms with Gasteiger partial charge < -0.3 is 14.8 Å². The lowest BCUT2D eigenvalue weighted by Crippen LogP contribution is -2.15. The molecular formula is C15H18N2O2. The number of aryl methyl sites for hydroxylation is 1. The van der Waals surface area contributed by atoms with Gasteiger partial charge in [-0.25, -0.2) is 4.98 Å². The van der Waals surface area contributed by atoms with Crippen molar-refractivity contribution in [2.75, 3.05) is 26.1 Å². The molecule has 1 N–H and O–H groups in total. The highest BCUT2D eigenvalue weighted by Crippen LogP contribution is 2.37. The summed E-state index contributed by atoms with van der Waals surface area (Å²) in [6.07, 6.45) is 0.858. The zero-order valence-corrected chi connectivity index (χ0v) is 11.5. The van der Waals surface area contributed by atoms with Crippen molar-refractivity contribution in [3.8, 4) is 5.75 Å². The maximum Gasteiger partial charge on any atom is 0.145 e. The number of nitrogens with one attached hydrogen (secondary N) is 1. The molecule has 1 aliphatic rings. The summed E-state index contributed by atoms with van der Waals surface area (Å²) in [5, 5.41) is 4.45. The second-order valence-electron chi connectivity index (χ2n) is 4.77. The Hall–Kier alpha value is -1.81.